The van der Waals surface area contributed by atoms with Gasteiger partial charge in [0.1, 0.15) is 23.5 Å². The standard InChI is InChI=1S/C20H23F2N5O3S/c1-20(2)9-30-18-15(8-24-27(18)20)31(23,29)26-19(28)25-17-12-5-3-4-11(12)16(22)13-6-10(21)7-14(13)17/h8,10H,3-7,9H2,1-2H3,(H3,23,25,26,28,29)/t10-,31+/m0/s1. The maximum Gasteiger partial charge on any atom is 0.354 e. The highest BCUT2D eigenvalue weighted by Crippen LogP contribution is 2.42. The van der Waals surface area contributed by atoms with Crippen molar-refractivity contribution in [1.29, 1.82) is 0 Å². The summed E-state index contributed by atoms with van der Waals surface area (Å²) in [6, 6.07) is -0.935. The van der Waals surface area contributed by atoms with Crippen LogP contribution in [0.4, 0.5) is 19.3 Å². The molecule has 11 heteroatoms. The highest BCUT2D eigenvalue weighted by atomic mass is 32.2. The predicted octanol–water partition coefficient (Wildman–Crippen LogP) is 3.01. The monoisotopic (exact) mass is 451 g/mol. The Morgan fingerprint density at radius 2 is 2.03 bits per heavy atom. The Bertz CT molecular complexity index is 1250. The quantitative estimate of drug-likeness (QED) is 0.731. The van der Waals surface area contributed by atoms with E-state index in [9.17, 15) is 17.8 Å². The summed E-state index contributed by atoms with van der Waals surface area (Å²) in [4.78, 5) is 12.8. The van der Waals surface area contributed by atoms with Crippen LogP contribution in [0.15, 0.2) is 15.5 Å². The van der Waals surface area contributed by atoms with E-state index in [4.69, 9.17) is 9.88 Å². The van der Waals surface area contributed by atoms with Crippen molar-refractivity contribution in [3.05, 3.63) is 34.3 Å². The molecule has 1 aromatic carbocycles. The number of carbonyl (C=O) groups excluding carboxylic acids is 1. The molecule has 5 rings (SSSR count). The van der Waals surface area contributed by atoms with E-state index in [2.05, 4.69) is 14.8 Å². The van der Waals surface area contributed by atoms with Gasteiger partial charge < -0.3 is 10.1 Å². The second-order valence-corrected chi connectivity index (χ2v) is 10.6. The first-order valence-electron chi connectivity index (χ1n) is 10.1. The van der Waals surface area contributed by atoms with Crippen molar-refractivity contribution in [3.8, 4) is 5.88 Å². The Labute approximate surface area is 178 Å². The number of carbonyl (C=O) groups is 1. The summed E-state index contributed by atoms with van der Waals surface area (Å²) < 4.78 is 52.8. The normalized spacial score (nSPS) is 22.3. The fourth-order valence-electron chi connectivity index (χ4n) is 4.71. The molecule has 1 aliphatic heterocycles. The number of urea groups is 1. The number of halogens is 2. The molecule has 2 aliphatic carbocycles. The van der Waals surface area contributed by atoms with Gasteiger partial charge in [-0.2, -0.15) is 5.10 Å². The van der Waals surface area contributed by atoms with Crippen molar-refractivity contribution in [2.24, 2.45) is 9.50 Å². The Morgan fingerprint density at radius 1 is 1.32 bits per heavy atom. The second-order valence-electron chi connectivity index (χ2n) is 8.88. The number of aromatic nitrogens is 2. The molecule has 0 saturated carbocycles. The van der Waals surface area contributed by atoms with E-state index < -0.39 is 27.7 Å². The molecule has 2 aromatic rings. The number of hydrogen-bond acceptors (Lipinski definition) is 4. The highest BCUT2D eigenvalue weighted by molar-refractivity contribution is 7.91. The Hall–Kier alpha value is -2.53. The molecule has 3 N–H and O–H groups in total. The number of nitrogens with one attached hydrogen (secondary N) is 1. The van der Waals surface area contributed by atoms with Crippen LogP contribution in [0.2, 0.25) is 0 Å². The average molecular weight is 451 g/mol. The largest absolute Gasteiger partial charge is 0.474 e. The van der Waals surface area contributed by atoms with Crippen LogP contribution in [0, 0.1) is 5.82 Å². The number of fused-ring (bicyclic) bond motifs is 3. The molecular formula is C20H23F2N5O3S. The lowest BCUT2D eigenvalue weighted by Gasteiger charge is -2.16. The summed E-state index contributed by atoms with van der Waals surface area (Å²) in [5.74, 6) is -0.145. The minimum absolute atomic E-state index is 0.0161. The highest BCUT2D eigenvalue weighted by Gasteiger charge is 2.37. The SMILES string of the molecule is CC1(C)COc2c([S@](N)(=O)=NC(=O)Nc3c4c(c(F)c5c3C[C@@H](F)C5)CCC4)cnn21. The van der Waals surface area contributed by atoms with E-state index in [1.165, 1.54) is 6.20 Å². The molecule has 0 bridgehead atoms. The lowest BCUT2D eigenvalue weighted by Crippen LogP contribution is -2.26. The minimum atomic E-state index is -3.65. The third-order valence-electron chi connectivity index (χ3n) is 6.16. The molecule has 2 amide bonds. The zero-order valence-corrected chi connectivity index (χ0v) is 18.0. The van der Waals surface area contributed by atoms with Crippen molar-refractivity contribution >= 4 is 21.6 Å². The number of nitrogens with two attached hydrogens (primary N) is 1. The van der Waals surface area contributed by atoms with Gasteiger partial charge in [0.25, 0.3) is 0 Å². The Morgan fingerprint density at radius 3 is 2.81 bits per heavy atom. The van der Waals surface area contributed by atoms with E-state index in [1.807, 2.05) is 13.8 Å². The van der Waals surface area contributed by atoms with E-state index in [0.29, 0.717) is 47.4 Å². The van der Waals surface area contributed by atoms with Crippen LogP contribution < -0.4 is 15.2 Å². The van der Waals surface area contributed by atoms with E-state index in [1.54, 1.807) is 4.68 Å². The summed E-state index contributed by atoms with van der Waals surface area (Å²) in [5, 5.41) is 12.7. The molecule has 0 saturated heterocycles. The van der Waals surface area contributed by atoms with Gasteiger partial charge in [0.2, 0.25) is 5.88 Å². The Balaban J connectivity index is 1.51. The number of rotatable bonds is 2. The third-order valence-corrected chi connectivity index (χ3v) is 7.51. The van der Waals surface area contributed by atoms with Crippen LogP contribution in [0.3, 0.4) is 0 Å². The van der Waals surface area contributed by atoms with Gasteiger partial charge in [0.05, 0.1) is 11.7 Å². The number of benzene rings is 1. The second kappa shape index (κ2) is 6.73. The first-order chi connectivity index (χ1) is 14.6. The van der Waals surface area contributed by atoms with Gasteiger partial charge in [-0.05, 0) is 55.4 Å². The zero-order valence-electron chi connectivity index (χ0n) is 17.2. The van der Waals surface area contributed by atoms with Crippen LogP contribution in [0.5, 0.6) is 5.88 Å². The number of alkyl halides is 1. The van der Waals surface area contributed by atoms with Crippen LogP contribution in [-0.4, -0.2) is 32.8 Å². The lowest BCUT2D eigenvalue weighted by atomic mass is 9.98. The van der Waals surface area contributed by atoms with E-state index >= 15 is 0 Å². The molecule has 0 radical (unpaired) electrons. The fraction of sp³-hybridized carbons (Fsp3) is 0.500. The van der Waals surface area contributed by atoms with Crippen LogP contribution in [0.1, 0.15) is 42.5 Å². The van der Waals surface area contributed by atoms with Gasteiger partial charge in [-0.1, -0.05) is 0 Å². The van der Waals surface area contributed by atoms with Crippen LogP contribution in [-0.2, 0) is 41.1 Å². The summed E-state index contributed by atoms with van der Waals surface area (Å²) in [6.45, 7) is 4.12. The smallest absolute Gasteiger partial charge is 0.354 e. The summed E-state index contributed by atoms with van der Waals surface area (Å²) >= 11 is 0. The molecule has 2 atom stereocenters. The maximum atomic E-state index is 14.8. The summed E-state index contributed by atoms with van der Waals surface area (Å²) in [7, 11) is -3.65. The lowest BCUT2D eigenvalue weighted by molar-refractivity contribution is 0.259. The van der Waals surface area contributed by atoms with E-state index in [0.717, 1.165) is 6.42 Å². The van der Waals surface area contributed by atoms with Crippen molar-refractivity contribution in [2.75, 3.05) is 11.9 Å². The van der Waals surface area contributed by atoms with Gasteiger partial charge in [-0.25, -0.2) is 27.6 Å². The number of nitrogens with zero attached hydrogens (tertiary/aromatic N) is 3. The van der Waals surface area contributed by atoms with Gasteiger partial charge in [0, 0.05) is 18.5 Å². The van der Waals surface area contributed by atoms with E-state index in [-0.39, 0.29) is 29.4 Å². The summed E-state index contributed by atoms with van der Waals surface area (Å²) in [5.41, 5.74) is 1.88. The fourth-order valence-corrected chi connectivity index (χ4v) is 5.69. The molecular weight excluding hydrogens is 428 g/mol. The molecule has 0 fully saturated rings. The molecule has 0 unspecified atom stereocenters. The molecule has 166 valence electrons. The molecule has 31 heavy (non-hydrogen) atoms. The number of ether oxygens (including phenoxy) is 1. The topological polar surface area (TPSA) is 112 Å². The molecule has 2 heterocycles. The Kier molecular flexibility index (Phi) is 4.43. The molecule has 3 aliphatic rings. The molecule has 0 spiro atoms. The van der Waals surface area contributed by atoms with Crippen molar-refractivity contribution in [3.63, 3.8) is 0 Å². The summed E-state index contributed by atoms with van der Waals surface area (Å²) in [6.07, 6.45) is 1.95. The third kappa shape index (κ3) is 3.13. The van der Waals surface area contributed by atoms with Gasteiger partial charge in [0.15, 0.2) is 9.92 Å². The van der Waals surface area contributed by atoms with Gasteiger partial charge >= 0.3 is 6.03 Å². The minimum Gasteiger partial charge on any atom is -0.474 e. The molecule has 8 nitrogen and oxygen atoms in total. The van der Waals surface area contributed by atoms with Crippen LogP contribution >= 0.6 is 0 Å². The van der Waals surface area contributed by atoms with Crippen molar-refractivity contribution < 1.29 is 22.5 Å². The van der Waals surface area contributed by atoms with Crippen LogP contribution in [0.25, 0.3) is 0 Å². The first-order valence-corrected chi connectivity index (χ1v) is 11.7. The molecule has 1 aromatic heterocycles. The maximum absolute atomic E-state index is 14.8. The first kappa shape index (κ1) is 20.4. The van der Waals surface area contributed by atoms with Gasteiger partial charge in [-0.15, -0.1) is 4.36 Å². The predicted molar refractivity (Wildman–Crippen MR) is 110 cm³/mol. The number of amides is 2. The number of hydrogen-bond donors (Lipinski definition) is 2. The zero-order chi connectivity index (χ0) is 22.1. The van der Waals surface area contributed by atoms with Crippen molar-refractivity contribution in [1.82, 2.24) is 9.78 Å². The average Bonchev–Trinajstić information content (AvgIpc) is 3.43. The number of anilines is 1. The van der Waals surface area contributed by atoms with Gasteiger partial charge in [-0.3, -0.25) is 0 Å². The van der Waals surface area contributed by atoms with Crippen molar-refractivity contribution in [2.45, 2.75) is 62.6 Å².